The Labute approximate surface area is 82.2 Å². The van der Waals surface area contributed by atoms with E-state index in [-0.39, 0.29) is 23.7 Å². The smallest absolute Gasteiger partial charge is 0.307 e. The Hall–Kier alpha value is -1.32. The lowest BCUT2D eigenvalue weighted by atomic mass is 10.1. The van der Waals surface area contributed by atoms with Crippen LogP contribution in [0.5, 0.6) is 0 Å². The lowest BCUT2D eigenvalue weighted by molar-refractivity contribution is -0.139. The van der Waals surface area contributed by atoms with E-state index < -0.39 is 11.9 Å². The highest BCUT2D eigenvalue weighted by molar-refractivity contribution is 5.76. The summed E-state index contributed by atoms with van der Waals surface area (Å²) < 4.78 is 0. The first kappa shape index (κ1) is 10.8. The van der Waals surface area contributed by atoms with Crippen molar-refractivity contribution in [1.82, 2.24) is 0 Å². The van der Waals surface area contributed by atoms with Gasteiger partial charge in [0.25, 0.3) is 0 Å². The van der Waals surface area contributed by atoms with Crippen molar-refractivity contribution in [2.45, 2.75) is 20.3 Å². The molecule has 0 spiro atoms. The Balaban J connectivity index is 2.53. The largest absolute Gasteiger partial charge is 0.481 e. The number of allylic oxidation sites excluding steroid dienone is 1. The van der Waals surface area contributed by atoms with E-state index in [1.807, 2.05) is 13.8 Å². The van der Waals surface area contributed by atoms with Crippen LogP contribution < -0.4 is 0 Å². The average Bonchev–Trinajstić information content (AvgIpc) is 2.52. The van der Waals surface area contributed by atoms with Gasteiger partial charge >= 0.3 is 11.9 Å². The minimum absolute atomic E-state index is 0.0284. The number of carboxylic acid groups (broad SMARTS) is 2. The molecule has 4 nitrogen and oxygen atoms in total. The van der Waals surface area contributed by atoms with E-state index >= 15 is 0 Å². The molecule has 2 N–H and O–H groups in total. The van der Waals surface area contributed by atoms with Crippen molar-refractivity contribution in [2.75, 3.05) is 0 Å². The van der Waals surface area contributed by atoms with Gasteiger partial charge in [0, 0.05) is 0 Å². The fourth-order valence-electron chi connectivity index (χ4n) is 1.82. The maximum atomic E-state index is 10.7. The molecule has 0 radical (unpaired) electrons. The molecular weight excluding hydrogens is 184 g/mol. The second kappa shape index (κ2) is 3.44. The minimum atomic E-state index is -0.897. The van der Waals surface area contributed by atoms with E-state index in [0.717, 1.165) is 0 Å². The summed E-state index contributed by atoms with van der Waals surface area (Å²) in [4.78, 5) is 20.9. The van der Waals surface area contributed by atoms with Gasteiger partial charge in [0.05, 0.1) is 12.3 Å². The third-order valence-corrected chi connectivity index (χ3v) is 2.81. The fraction of sp³-hybridized carbons (Fsp3) is 0.600. The Morgan fingerprint density at radius 3 is 2.29 bits per heavy atom. The van der Waals surface area contributed by atoms with E-state index in [9.17, 15) is 9.59 Å². The number of carboxylic acids is 2. The molecule has 0 amide bonds. The summed E-state index contributed by atoms with van der Waals surface area (Å²) in [5.41, 5.74) is -0.235. The maximum Gasteiger partial charge on any atom is 0.307 e. The molecule has 1 aliphatic rings. The Morgan fingerprint density at radius 2 is 1.93 bits per heavy atom. The van der Waals surface area contributed by atoms with Crippen LogP contribution in [0, 0.1) is 17.3 Å². The number of hydrogen-bond acceptors (Lipinski definition) is 2. The molecule has 78 valence electrons. The second-order valence-electron chi connectivity index (χ2n) is 4.19. The molecule has 0 saturated heterocycles. The predicted molar refractivity (Wildman–Crippen MR) is 49.8 cm³/mol. The van der Waals surface area contributed by atoms with E-state index in [0.29, 0.717) is 0 Å². The van der Waals surface area contributed by atoms with Gasteiger partial charge in [0.1, 0.15) is 0 Å². The molecule has 0 aromatic heterocycles. The van der Waals surface area contributed by atoms with E-state index in [2.05, 4.69) is 0 Å². The number of rotatable bonds is 4. The van der Waals surface area contributed by atoms with Gasteiger partial charge in [-0.15, -0.1) is 0 Å². The summed E-state index contributed by atoms with van der Waals surface area (Å²) in [6.07, 6.45) is 3.18. The third-order valence-electron chi connectivity index (χ3n) is 2.81. The van der Waals surface area contributed by atoms with E-state index in [4.69, 9.17) is 10.2 Å². The van der Waals surface area contributed by atoms with Gasteiger partial charge in [-0.2, -0.15) is 0 Å². The van der Waals surface area contributed by atoms with Crippen LogP contribution in [0.2, 0.25) is 0 Å². The summed E-state index contributed by atoms with van der Waals surface area (Å²) >= 11 is 0. The number of hydrogen-bond donors (Lipinski definition) is 2. The van der Waals surface area contributed by atoms with Crippen LogP contribution >= 0.6 is 0 Å². The standard InChI is InChI=1S/C10H14O4/c1-10(2)6(8(10)9(13)14)4-3-5-7(11)12/h3-4,6,8H,5H2,1-2H3,(H,11,12)(H,13,14)/b4-3+. The van der Waals surface area contributed by atoms with Crippen molar-refractivity contribution >= 4 is 11.9 Å². The molecule has 0 aromatic rings. The molecule has 0 aliphatic heterocycles. The highest BCUT2D eigenvalue weighted by Gasteiger charge is 2.60. The highest BCUT2D eigenvalue weighted by atomic mass is 16.4. The second-order valence-corrected chi connectivity index (χ2v) is 4.19. The van der Waals surface area contributed by atoms with Gasteiger partial charge in [-0.25, -0.2) is 0 Å². The molecule has 4 heteroatoms. The van der Waals surface area contributed by atoms with Gasteiger partial charge in [-0.1, -0.05) is 26.0 Å². The van der Waals surface area contributed by atoms with Crippen molar-refractivity contribution in [3.05, 3.63) is 12.2 Å². The quantitative estimate of drug-likeness (QED) is 0.669. The molecule has 14 heavy (non-hydrogen) atoms. The van der Waals surface area contributed by atoms with Crippen molar-refractivity contribution < 1.29 is 19.8 Å². The molecule has 1 aliphatic carbocycles. The molecule has 1 rings (SSSR count). The maximum absolute atomic E-state index is 10.7. The molecule has 1 saturated carbocycles. The lowest BCUT2D eigenvalue weighted by Crippen LogP contribution is -2.02. The van der Waals surface area contributed by atoms with Crippen LogP contribution in [0.3, 0.4) is 0 Å². The Bertz CT molecular complexity index is 290. The number of carbonyl (C=O) groups is 2. The normalized spacial score (nSPS) is 29.0. The van der Waals surface area contributed by atoms with Crippen LogP contribution in [-0.4, -0.2) is 22.2 Å². The molecule has 2 unspecified atom stereocenters. The summed E-state index contributed by atoms with van der Waals surface area (Å²) in [5.74, 6) is -2.10. The topological polar surface area (TPSA) is 74.6 Å². The van der Waals surface area contributed by atoms with Gasteiger partial charge in [-0.3, -0.25) is 9.59 Å². The third kappa shape index (κ3) is 1.95. The molecule has 0 heterocycles. The summed E-state index contributed by atoms with van der Waals surface area (Å²) in [5, 5.41) is 17.2. The van der Waals surface area contributed by atoms with Gasteiger partial charge in [-0.05, 0) is 11.3 Å². The van der Waals surface area contributed by atoms with Crippen LogP contribution in [-0.2, 0) is 9.59 Å². The van der Waals surface area contributed by atoms with Crippen molar-refractivity contribution in [3.63, 3.8) is 0 Å². The van der Waals surface area contributed by atoms with Crippen molar-refractivity contribution in [2.24, 2.45) is 17.3 Å². The molecule has 0 bridgehead atoms. The first-order valence-corrected chi connectivity index (χ1v) is 4.48. The zero-order valence-electron chi connectivity index (χ0n) is 8.23. The lowest BCUT2D eigenvalue weighted by Gasteiger charge is -1.96. The monoisotopic (exact) mass is 198 g/mol. The van der Waals surface area contributed by atoms with Crippen LogP contribution in [0.25, 0.3) is 0 Å². The molecular formula is C10H14O4. The molecule has 1 fully saturated rings. The van der Waals surface area contributed by atoms with Gasteiger partial charge in [0.2, 0.25) is 0 Å². The van der Waals surface area contributed by atoms with Gasteiger partial charge < -0.3 is 10.2 Å². The van der Waals surface area contributed by atoms with Crippen LogP contribution in [0.1, 0.15) is 20.3 Å². The number of aliphatic carboxylic acids is 2. The minimum Gasteiger partial charge on any atom is -0.481 e. The Kier molecular flexibility index (Phi) is 2.64. The molecule has 0 aromatic carbocycles. The first-order chi connectivity index (χ1) is 6.37. The van der Waals surface area contributed by atoms with E-state index in [1.54, 1.807) is 6.08 Å². The molecule has 2 atom stereocenters. The highest BCUT2D eigenvalue weighted by Crippen LogP contribution is 2.59. The van der Waals surface area contributed by atoms with Crippen LogP contribution in [0.4, 0.5) is 0 Å². The van der Waals surface area contributed by atoms with Gasteiger partial charge in [0.15, 0.2) is 0 Å². The average molecular weight is 198 g/mol. The Morgan fingerprint density at radius 1 is 1.36 bits per heavy atom. The zero-order valence-corrected chi connectivity index (χ0v) is 8.23. The zero-order chi connectivity index (χ0) is 10.9. The first-order valence-electron chi connectivity index (χ1n) is 4.48. The van der Waals surface area contributed by atoms with Crippen LogP contribution in [0.15, 0.2) is 12.2 Å². The van der Waals surface area contributed by atoms with E-state index in [1.165, 1.54) is 6.08 Å². The SMILES string of the molecule is CC1(C)C(/C=C/CC(=O)O)C1C(=O)O. The summed E-state index contributed by atoms with van der Waals surface area (Å²) in [7, 11) is 0. The summed E-state index contributed by atoms with van der Waals surface area (Å²) in [6.45, 7) is 3.75. The summed E-state index contributed by atoms with van der Waals surface area (Å²) in [6, 6.07) is 0. The van der Waals surface area contributed by atoms with Crippen molar-refractivity contribution in [3.8, 4) is 0 Å². The fourth-order valence-corrected chi connectivity index (χ4v) is 1.82. The predicted octanol–water partition coefficient (Wildman–Crippen LogP) is 1.37. The van der Waals surface area contributed by atoms with Crippen molar-refractivity contribution in [1.29, 1.82) is 0 Å².